The fraction of sp³-hybridized carbons (Fsp3) is 0.205. The van der Waals surface area contributed by atoms with Crippen LogP contribution in [0.1, 0.15) is 55.9 Å². The van der Waals surface area contributed by atoms with E-state index in [4.69, 9.17) is 14.2 Å². The van der Waals surface area contributed by atoms with Gasteiger partial charge in [0.05, 0.1) is 0 Å². The fourth-order valence-corrected chi connectivity index (χ4v) is 7.61. The first kappa shape index (κ1) is 36.4. The molecule has 0 spiro atoms. The molecule has 2 heterocycles. The van der Waals surface area contributed by atoms with Crippen LogP contribution in [0.25, 0.3) is 20.5 Å². The van der Waals surface area contributed by atoms with Crippen molar-refractivity contribution >= 4 is 39.0 Å². The lowest BCUT2D eigenvalue weighted by molar-refractivity contribution is 0.0910. The zero-order valence-corrected chi connectivity index (χ0v) is 30.6. The molecule has 54 heavy (non-hydrogen) atoms. The van der Waals surface area contributed by atoms with E-state index in [0.29, 0.717) is 40.4 Å². The Bertz CT molecular complexity index is 2180. The summed E-state index contributed by atoms with van der Waals surface area (Å²) >= 11 is 1.49. The largest absolute Gasteiger partial charge is 0.492 e. The number of nitrogens with zero attached hydrogens (tertiary/aromatic N) is 1. The van der Waals surface area contributed by atoms with Gasteiger partial charge in [-0.3, -0.25) is 19.3 Å². The van der Waals surface area contributed by atoms with Crippen molar-refractivity contribution in [3.8, 4) is 27.7 Å². The molecule has 10 heteroatoms. The molecular weight excluding hydrogens is 699 g/mol. The molecule has 0 atom stereocenters. The number of piperidine rings is 1. The molecule has 9 nitrogen and oxygen atoms in total. The van der Waals surface area contributed by atoms with Crippen LogP contribution in [-0.2, 0) is 0 Å². The Hall–Kier alpha value is -5.97. The van der Waals surface area contributed by atoms with Crippen LogP contribution in [0, 0.1) is 0 Å². The van der Waals surface area contributed by atoms with Gasteiger partial charge in [-0.15, -0.1) is 11.3 Å². The minimum Gasteiger partial charge on any atom is -0.492 e. The molecule has 7 rings (SSSR count). The van der Waals surface area contributed by atoms with Crippen molar-refractivity contribution in [2.75, 3.05) is 39.7 Å². The molecule has 0 aliphatic carbocycles. The number of rotatable bonds is 15. The normalized spacial score (nSPS) is 12.9. The van der Waals surface area contributed by atoms with Gasteiger partial charge in [0.15, 0.2) is 19.2 Å². The third kappa shape index (κ3) is 9.14. The number of hydrogen-bond donors (Lipinski definition) is 2. The molecule has 2 amide bonds. The average molecular weight is 740 g/mol. The number of hydrogen-bond acceptors (Lipinski definition) is 8. The highest BCUT2D eigenvalue weighted by molar-refractivity contribution is 7.22. The van der Waals surface area contributed by atoms with Crippen molar-refractivity contribution in [3.05, 3.63) is 150 Å². The summed E-state index contributed by atoms with van der Waals surface area (Å²) in [6.07, 6.45) is 3.78. The number of thiophene rings is 1. The molecule has 0 saturated carbocycles. The van der Waals surface area contributed by atoms with E-state index in [1.54, 1.807) is 24.3 Å². The summed E-state index contributed by atoms with van der Waals surface area (Å²) in [6, 6.07) is 38.3. The molecule has 1 aliphatic heterocycles. The summed E-state index contributed by atoms with van der Waals surface area (Å²) in [5.74, 6) is 1.31. The van der Waals surface area contributed by atoms with E-state index in [9.17, 15) is 14.4 Å². The molecule has 274 valence electrons. The predicted octanol–water partition coefficient (Wildman–Crippen LogP) is 8.20. The molecule has 1 fully saturated rings. The molecule has 0 unspecified atom stereocenters. The molecular formula is C44H41N3O6S. The van der Waals surface area contributed by atoms with E-state index in [1.807, 2.05) is 103 Å². The van der Waals surface area contributed by atoms with E-state index in [-0.39, 0.29) is 31.1 Å². The van der Waals surface area contributed by atoms with Crippen molar-refractivity contribution < 1.29 is 28.6 Å². The van der Waals surface area contributed by atoms with Crippen molar-refractivity contribution in [2.45, 2.75) is 19.3 Å². The summed E-state index contributed by atoms with van der Waals surface area (Å²) in [5, 5.41) is 6.35. The highest BCUT2D eigenvalue weighted by Crippen LogP contribution is 2.42. The molecule has 5 aromatic carbocycles. The lowest BCUT2D eigenvalue weighted by Crippen LogP contribution is -2.33. The minimum atomic E-state index is -0.229. The fourth-order valence-electron chi connectivity index (χ4n) is 6.37. The molecule has 1 saturated heterocycles. The first-order chi connectivity index (χ1) is 26.5. The number of carbonyl (C=O) groups is 3. The number of benzene rings is 5. The van der Waals surface area contributed by atoms with Crippen molar-refractivity contribution in [3.63, 3.8) is 0 Å². The van der Waals surface area contributed by atoms with E-state index in [1.165, 1.54) is 30.6 Å². The second-order valence-electron chi connectivity index (χ2n) is 12.9. The summed E-state index contributed by atoms with van der Waals surface area (Å²) in [5.41, 5.74) is 3.08. The van der Waals surface area contributed by atoms with Gasteiger partial charge in [-0.05, 0) is 122 Å². The van der Waals surface area contributed by atoms with Crippen LogP contribution in [0.4, 0.5) is 0 Å². The van der Waals surface area contributed by atoms with E-state index in [0.717, 1.165) is 45.9 Å². The highest BCUT2D eigenvalue weighted by atomic mass is 32.1. The van der Waals surface area contributed by atoms with Gasteiger partial charge >= 0.3 is 0 Å². The maximum absolute atomic E-state index is 14.3. The third-order valence-corrected chi connectivity index (χ3v) is 10.5. The predicted molar refractivity (Wildman–Crippen MR) is 212 cm³/mol. The molecule has 1 aromatic heterocycles. The zero-order valence-electron chi connectivity index (χ0n) is 29.8. The van der Waals surface area contributed by atoms with Gasteiger partial charge in [0.2, 0.25) is 0 Å². The van der Waals surface area contributed by atoms with Gasteiger partial charge in [0.1, 0.15) is 23.9 Å². The lowest BCUT2D eigenvalue weighted by Gasteiger charge is -2.26. The van der Waals surface area contributed by atoms with Gasteiger partial charge in [-0.2, -0.15) is 0 Å². The highest BCUT2D eigenvalue weighted by Gasteiger charge is 2.22. The number of ketones is 1. The molecule has 1 aliphatic rings. The molecule has 6 aromatic rings. The molecule has 0 bridgehead atoms. The number of nitrogens with one attached hydrogen (secondary N) is 2. The maximum atomic E-state index is 14.3. The summed E-state index contributed by atoms with van der Waals surface area (Å²) in [4.78, 5) is 42.5. The second kappa shape index (κ2) is 17.7. The number of ether oxygens (including phenoxy) is 3. The first-order valence-electron chi connectivity index (χ1n) is 18.1. The maximum Gasteiger partial charge on any atom is 0.253 e. The average Bonchev–Trinajstić information content (AvgIpc) is 3.61. The van der Waals surface area contributed by atoms with Gasteiger partial charge < -0.3 is 24.8 Å². The Kier molecular flexibility index (Phi) is 11.9. The summed E-state index contributed by atoms with van der Waals surface area (Å²) in [7, 11) is 0. The Morgan fingerprint density at radius 3 is 1.78 bits per heavy atom. The van der Waals surface area contributed by atoms with Gasteiger partial charge in [0.25, 0.3) is 11.8 Å². The molecule has 0 radical (unpaired) electrons. The number of likely N-dealkylation sites (tertiary alicyclic amines) is 1. The Morgan fingerprint density at radius 1 is 0.593 bits per heavy atom. The van der Waals surface area contributed by atoms with Crippen LogP contribution >= 0.6 is 11.3 Å². The Morgan fingerprint density at radius 2 is 1.15 bits per heavy atom. The quantitative estimate of drug-likeness (QED) is 0.0808. The minimum absolute atomic E-state index is 0.00619. The third-order valence-electron chi connectivity index (χ3n) is 9.26. The monoisotopic (exact) mass is 739 g/mol. The van der Waals surface area contributed by atoms with Crippen molar-refractivity contribution in [1.29, 1.82) is 0 Å². The Labute approximate surface area is 318 Å². The van der Waals surface area contributed by atoms with Crippen molar-refractivity contribution in [1.82, 2.24) is 15.5 Å². The summed E-state index contributed by atoms with van der Waals surface area (Å²) in [6.45, 7) is 3.73. The van der Waals surface area contributed by atoms with Gasteiger partial charge in [-0.1, -0.05) is 42.8 Å². The van der Waals surface area contributed by atoms with E-state index >= 15 is 0 Å². The zero-order chi connectivity index (χ0) is 37.1. The van der Waals surface area contributed by atoms with Gasteiger partial charge in [-0.25, -0.2) is 0 Å². The topological polar surface area (TPSA) is 106 Å². The van der Waals surface area contributed by atoms with Crippen LogP contribution in [0.5, 0.6) is 17.2 Å². The number of fused-ring (bicyclic) bond motifs is 1. The van der Waals surface area contributed by atoms with Crippen LogP contribution in [-0.4, -0.2) is 62.2 Å². The van der Waals surface area contributed by atoms with Crippen LogP contribution in [0.2, 0.25) is 0 Å². The van der Waals surface area contributed by atoms with Crippen LogP contribution < -0.4 is 24.8 Å². The van der Waals surface area contributed by atoms with Crippen molar-refractivity contribution in [2.24, 2.45) is 0 Å². The molecule has 2 N–H and O–H groups in total. The standard InChI is InChI=1S/C44H41N3O6S/c48-41(31-14-18-35(19-15-31)51-27-26-47-24-8-3-9-25-47)40-38-23-22-37(53-30-46-44(50)34-12-6-2-7-13-34)28-39(38)54-42(40)32-16-20-36(21-17-32)52-29-45-43(49)33-10-4-1-5-11-33/h1-2,4-7,10-23,28H,3,8-9,24-27,29-30H2,(H,45,49)(H,46,50). The number of amides is 2. The van der Waals surface area contributed by atoms with Gasteiger partial charge in [0, 0.05) is 43.8 Å². The van der Waals surface area contributed by atoms with E-state index < -0.39 is 0 Å². The summed E-state index contributed by atoms with van der Waals surface area (Å²) < 4.78 is 18.6. The smallest absolute Gasteiger partial charge is 0.253 e. The Balaban J connectivity index is 1.08. The SMILES string of the molecule is O=C(NCOc1ccc(-c2sc3cc(OCNC(=O)c4ccccc4)ccc3c2C(=O)c2ccc(OCCN3CCCCC3)cc2)cc1)c1ccccc1. The lowest BCUT2D eigenvalue weighted by atomic mass is 9.97. The van der Waals surface area contributed by atoms with Crippen LogP contribution in [0.3, 0.4) is 0 Å². The first-order valence-corrected chi connectivity index (χ1v) is 18.9. The van der Waals surface area contributed by atoms with E-state index in [2.05, 4.69) is 15.5 Å². The second-order valence-corrected chi connectivity index (χ2v) is 14.0. The van der Waals surface area contributed by atoms with Crippen LogP contribution in [0.15, 0.2) is 127 Å². The number of carbonyl (C=O) groups excluding carboxylic acids is 3.